The minimum absolute atomic E-state index is 0.766. The minimum atomic E-state index is 0.766. The van der Waals surface area contributed by atoms with Crippen LogP contribution < -0.4 is 0 Å². The molecule has 1 spiro atoms. The van der Waals surface area contributed by atoms with Gasteiger partial charge >= 0.3 is 0 Å². The van der Waals surface area contributed by atoms with E-state index in [0.29, 0.717) is 0 Å². The van der Waals surface area contributed by atoms with Gasteiger partial charge in [-0.15, -0.1) is 0 Å². The largest absolute Gasteiger partial charge is 0.325 e. The van der Waals surface area contributed by atoms with E-state index in [9.17, 15) is 0 Å². The van der Waals surface area contributed by atoms with Crippen LogP contribution in [0.25, 0.3) is 0 Å². The number of hydrogen-bond donors (Lipinski definition) is 0. The normalized spacial score (nSPS) is 35.2. The highest BCUT2D eigenvalue weighted by Crippen LogP contribution is 2.45. The first-order valence-electron chi connectivity index (χ1n) is 6.87. The van der Waals surface area contributed by atoms with Gasteiger partial charge in [0.15, 0.2) is 0 Å². The van der Waals surface area contributed by atoms with Crippen LogP contribution in [0.1, 0.15) is 52.4 Å². The molecular formula is C14H28N+. The third-order valence-corrected chi connectivity index (χ3v) is 4.62. The molecule has 0 aromatic heterocycles. The molecule has 1 heteroatoms. The number of quaternary nitrogens is 1. The molecule has 1 nitrogen and oxygen atoms in total. The molecule has 0 aromatic rings. The van der Waals surface area contributed by atoms with Crippen molar-refractivity contribution >= 4 is 0 Å². The van der Waals surface area contributed by atoms with Crippen LogP contribution in [0, 0.1) is 11.3 Å². The molecule has 1 saturated heterocycles. The number of hydrogen-bond acceptors (Lipinski definition) is 0. The second-order valence-corrected chi connectivity index (χ2v) is 6.89. The Morgan fingerprint density at radius 2 is 1.73 bits per heavy atom. The van der Waals surface area contributed by atoms with E-state index in [4.69, 9.17) is 0 Å². The molecule has 1 unspecified atom stereocenters. The summed E-state index contributed by atoms with van der Waals surface area (Å²) in [6.45, 7) is 9.05. The Labute approximate surface area is 95.4 Å². The first kappa shape index (κ1) is 11.4. The summed E-state index contributed by atoms with van der Waals surface area (Å²) in [6, 6.07) is 0. The van der Waals surface area contributed by atoms with E-state index in [0.717, 1.165) is 11.3 Å². The first-order chi connectivity index (χ1) is 7.04. The van der Waals surface area contributed by atoms with E-state index in [2.05, 4.69) is 20.9 Å². The van der Waals surface area contributed by atoms with Gasteiger partial charge in [-0.1, -0.05) is 33.1 Å². The third kappa shape index (κ3) is 2.55. The maximum atomic E-state index is 2.49. The summed E-state index contributed by atoms with van der Waals surface area (Å²) in [5.74, 6) is 0.855. The van der Waals surface area contributed by atoms with Crippen LogP contribution in [0.3, 0.4) is 0 Å². The molecule has 0 N–H and O–H groups in total. The molecule has 1 saturated carbocycles. The molecule has 0 amide bonds. The lowest BCUT2D eigenvalue weighted by atomic mass is 9.73. The van der Waals surface area contributed by atoms with Gasteiger partial charge in [0, 0.05) is 17.8 Å². The average molecular weight is 210 g/mol. The highest BCUT2D eigenvalue weighted by molar-refractivity contribution is 4.86. The Kier molecular flexibility index (Phi) is 3.12. The fourth-order valence-corrected chi connectivity index (χ4v) is 4.22. The molecule has 0 bridgehead atoms. The van der Waals surface area contributed by atoms with Crippen LogP contribution in [0.5, 0.6) is 0 Å². The van der Waals surface area contributed by atoms with Crippen LogP contribution in [-0.4, -0.2) is 31.2 Å². The molecular weight excluding hydrogens is 182 g/mol. The van der Waals surface area contributed by atoms with E-state index < -0.39 is 0 Å². The standard InChI is InChI=1S/C14H28N/c1-13(2)11-15(3)10-9-14(12-15)7-5-4-6-8-14/h13H,4-12H2,1-3H3/q+1. The van der Waals surface area contributed by atoms with Crippen molar-refractivity contribution < 1.29 is 4.48 Å². The SMILES string of the molecule is CC(C)C[N+]1(C)CCC2(CCCCC2)C1. The predicted octanol–water partition coefficient (Wildman–Crippen LogP) is 3.44. The quantitative estimate of drug-likeness (QED) is 0.612. The molecule has 2 aliphatic rings. The van der Waals surface area contributed by atoms with Gasteiger partial charge in [-0.3, -0.25) is 0 Å². The van der Waals surface area contributed by atoms with Gasteiger partial charge < -0.3 is 4.48 Å². The van der Waals surface area contributed by atoms with Crippen LogP contribution >= 0.6 is 0 Å². The number of rotatable bonds is 2. The van der Waals surface area contributed by atoms with Gasteiger partial charge in [-0.05, 0) is 12.8 Å². The van der Waals surface area contributed by atoms with Crippen LogP contribution in [0.2, 0.25) is 0 Å². The highest BCUT2D eigenvalue weighted by atomic mass is 15.4. The zero-order chi connectivity index (χ0) is 10.9. The molecule has 2 fully saturated rings. The lowest BCUT2D eigenvalue weighted by Gasteiger charge is -2.36. The van der Waals surface area contributed by atoms with Crippen molar-refractivity contribution in [1.29, 1.82) is 0 Å². The van der Waals surface area contributed by atoms with Crippen LogP contribution in [0.15, 0.2) is 0 Å². The summed E-state index contributed by atoms with van der Waals surface area (Å²) in [4.78, 5) is 0. The van der Waals surface area contributed by atoms with Gasteiger partial charge in [0.25, 0.3) is 0 Å². The second-order valence-electron chi connectivity index (χ2n) is 6.89. The summed E-state index contributed by atoms with van der Waals surface area (Å²) in [6.07, 6.45) is 9.06. The van der Waals surface area contributed by atoms with Crippen LogP contribution in [-0.2, 0) is 0 Å². The maximum absolute atomic E-state index is 2.49. The zero-order valence-corrected chi connectivity index (χ0v) is 10.9. The second kappa shape index (κ2) is 4.08. The van der Waals surface area contributed by atoms with Crippen molar-refractivity contribution in [1.82, 2.24) is 0 Å². The fourth-order valence-electron chi connectivity index (χ4n) is 4.22. The van der Waals surface area contributed by atoms with E-state index in [-0.39, 0.29) is 0 Å². The lowest BCUT2D eigenvalue weighted by molar-refractivity contribution is -0.903. The molecule has 0 aromatic carbocycles. The zero-order valence-electron chi connectivity index (χ0n) is 10.9. The van der Waals surface area contributed by atoms with E-state index in [1.165, 1.54) is 62.6 Å². The third-order valence-electron chi connectivity index (χ3n) is 4.62. The Morgan fingerprint density at radius 1 is 1.07 bits per heavy atom. The van der Waals surface area contributed by atoms with E-state index >= 15 is 0 Å². The summed E-state index contributed by atoms with van der Waals surface area (Å²) in [7, 11) is 2.49. The Balaban J connectivity index is 1.97. The molecule has 1 heterocycles. The topological polar surface area (TPSA) is 0 Å². The molecule has 1 aliphatic heterocycles. The van der Waals surface area contributed by atoms with Crippen molar-refractivity contribution in [3.05, 3.63) is 0 Å². The molecule has 88 valence electrons. The first-order valence-corrected chi connectivity index (χ1v) is 6.87. The summed E-state index contributed by atoms with van der Waals surface area (Å²) in [5.41, 5.74) is 0.766. The van der Waals surface area contributed by atoms with Crippen molar-refractivity contribution in [2.24, 2.45) is 11.3 Å². The smallest absolute Gasteiger partial charge is 0.0843 e. The Morgan fingerprint density at radius 3 is 2.33 bits per heavy atom. The lowest BCUT2D eigenvalue weighted by Crippen LogP contribution is -2.46. The van der Waals surface area contributed by atoms with Gasteiger partial charge in [-0.2, -0.15) is 0 Å². The van der Waals surface area contributed by atoms with Crippen molar-refractivity contribution in [2.75, 3.05) is 26.7 Å². The Bertz CT molecular complexity index is 215. The van der Waals surface area contributed by atoms with Crippen molar-refractivity contribution in [3.63, 3.8) is 0 Å². The summed E-state index contributed by atoms with van der Waals surface area (Å²) < 4.78 is 1.36. The molecule has 15 heavy (non-hydrogen) atoms. The summed E-state index contributed by atoms with van der Waals surface area (Å²) >= 11 is 0. The van der Waals surface area contributed by atoms with E-state index in [1.807, 2.05) is 0 Å². The number of likely N-dealkylation sites (tertiary alicyclic amines) is 1. The van der Waals surface area contributed by atoms with Crippen molar-refractivity contribution in [3.8, 4) is 0 Å². The van der Waals surface area contributed by atoms with Crippen molar-refractivity contribution in [2.45, 2.75) is 52.4 Å². The van der Waals surface area contributed by atoms with Gasteiger partial charge in [0.05, 0.1) is 26.7 Å². The predicted molar refractivity (Wildman–Crippen MR) is 65.8 cm³/mol. The van der Waals surface area contributed by atoms with Crippen LogP contribution in [0.4, 0.5) is 0 Å². The molecule has 2 rings (SSSR count). The fraction of sp³-hybridized carbons (Fsp3) is 1.00. The average Bonchev–Trinajstić information content (AvgIpc) is 2.43. The van der Waals surface area contributed by atoms with E-state index in [1.54, 1.807) is 0 Å². The Hall–Kier alpha value is -0.0400. The molecule has 1 aliphatic carbocycles. The summed E-state index contributed by atoms with van der Waals surface area (Å²) in [5, 5.41) is 0. The monoisotopic (exact) mass is 210 g/mol. The molecule has 0 radical (unpaired) electrons. The maximum Gasteiger partial charge on any atom is 0.0843 e. The highest BCUT2D eigenvalue weighted by Gasteiger charge is 2.46. The van der Waals surface area contributed by atoms with Gasteiger partial charge in [-0.25, -0.2) is 0 Å². The number of nitrogens with zero attached hydrogens (tertiary/aromatic N) is 1. The minimum Gasteiger partial charge on any atom is -0.325 e. The van der Waals surface area contributed by atoms with Gasteiger partial charge in [0.1, 0.15) is 0 Å². The molecule has 1 atom stereocenters. The van der Waals surface area contributed by atoms with Gasteiger partial charge in [0.2, 0.25) is 0 Å².